The maximum Gasteiger partial charge on any atom is 0.176 e. The first-order valence-corrected chi connectivity index (χ1v) is 3.86. The summed E-state index contributed by atoms with van der Waals surface area (Å²) in [6.07, 6.45) is 1.69. The molecule has 0 aliphatic rings. The SMILES string of the molecule is CCN(C)N=Nc1ccccn1. The molecule has 0 aliphatic heterocycles. The lowest BCUT2D eigenvalue weighted by atomic mass is 10.5. The normalized spacial score (nSPS) is 10.5. The standard InChI is InChI=1S/C8H12N4/c1-3-12(2)11-10-8-6-4-5-7-9-8/h4-7H,3H2,1-2H3. The fourth-order valence-electron chi connectivity index (χ4n) is 0.598. The molecule has 1 rings (SSSR count). The molecule has 0 N–H and O–H groups in total. The van der Waals surface area contributed by atoms with E-state index in [0.717, 1.165) is 6.54 Å². The highest BCUT2D eigenvalue weighted by atomic mass is 15.5. The third-order valence-electron chi connectivity index (χ3n) is 1.41. The molecule has 1 aromatic rings. The van der Waals surface area contributed by atoms with Gasteiger partial charge < -0.3 is 0 Å². The molecule has 1 heterocycles. The van der Waals surface area contributed by atoms with Crippen LogP contribution in [0.3, 0.4) is 0 Å². The quantitative estimate of drug-likeness (QED) is 0.506. The summed E-state index contributed by atoms with van der Waals surface area (Å²) in [5, 5.41) is 9.57. The van der Waals surface area contributed by atoms with Crippen LogP contribution in [0.4, 0.5) is 5.82 Å². The van der Waals surface area contributed by atoms with Gasteiger partial charge in [-0.3, -0.25) is 5.01 Å². The second kappa shape index (κ2) is 4.43. The van der Waals surface area contributed by atoms with Gasteiger partial charge in [0.25, 0.3) is 0 Å². The van der Waals surface area contributed by atoms with Gasteiger partial charge in [0.05, 0.1) is 0 Å². The molecule has 0 aromatic carbocycles. The smallest absolute Gasteiger partial charge is 0.176 e. The number of hydrogen-bond donors (Lipinski definition) is 0. The van der Waals surface area contributed by atoms with Crippen molar-refractivity contribution in [3.05, 3.63) is 24.4 Å². The largest absolute Gasteiger partial charge is 0.282 e. The molecule has 12 heavy (non-hydrogen) atoms. The van der Waals surface area contributed by atoms with Gasteiger partial charge in [0.15, 0.2) is 5.82 Å². The van der Waals surface area contributed by atoms with Crippen LogP contribution in [0.25, 0.3) is 0 Å². The molecule has 4 nitrogen and oxygen atoms in total. The first-order chi connectivity index (χ1) is 5.83. The summed E-state index contributed by atoms with van der Waals surface area (Å²) in [4.78, 5) is 4.00. The van der Waals surface area contributed by atoms with E-state index >= 15 is 0 Å². The lowest BCUT2D eigenvalue weighted by molar-refractivity contribution is 0.350. The summed E-state index contributed by atoms with van der Waals surface area (Å²) in [6.45, 7) is 2.85. The molecule has 0 unspecified atom stereocenters. The Morgan fingerprint density at radius 2 is 2.33 bits per heavy atom. The second-order valence-corrected chi connectivity index (χ2v) is 2.35. The average molecular weight is 164 g/mol. The predicted octanol–water partition coefficient (Wildman–Crippen LogP) is 2.03. The fraction of sp³-hybridized carbons (Fsp3) is 0.375. The van der Waals surface area contributed by atoms with E-state index in [2.05, 4.69) is 15.3 Å². The summed E-state index contributed by atoms with van der Waals surface area (Å²) in [5.41, 5.74) is 0. The van der Waals surface area contributed by atoms with Gasteiger partial charge in [0, 0.05) is 19.8 Å². The highest BCUT2D eigenvalue weighted by Gasteiger charge is 1.88. The molecule has 0 saturated heterocycles. The first-order valence-electron chi connectivity index (χ1n) is 3.86. The Hall–Kier alpha value is -1.45. The number of nitrogens with zero attached hydrogens (tertiary/aromatic N) is 4. The third kappa shape index (κ3) is 2.65. The van der Waals surface area contributed by atoms with E-state index in [1.54, 1.807) is 11.2 Å². The zero-order valence-corrected chi connectivity index (χ0v) is 7.31. The van der Waals surface area contributed by atoms with E-state index in [0.29, 0.717) is 5.82 Å². The van der Waals surface area contributed by atoms with Crippen LogP contribution in [-0.4, -0.2) is 23.6 Å². The molecular formula is C8H12N4. The summed E-state index contributed by atoms with van der Waals surface area (Å²) in [7, 11) is 1.87. The van der Waals surface area contributed by atoms with Gasteiger partial charge in [-0.05, 0) is 19.1 Å². The number of pyridine rings is 1. The number of rotatable bonds is 3. The number of hydrogen-bond acceptors (Lipinski definition) is 3. The van der Waals surface area contributed by atoms with Crippen LogP contribution in [0.5, 0.6) is 0 Å². The van der Waals surface area contributed by atoms with Crippen LogP contribution >= 0.6 is 0 Å². The van der Waals surface area contributed by atoms with Crippen LogP contribution < -0.4 is 0 Å². The summed E-state index contributed by atoms with van der Waals surface area (Å²) >= 11 is 0. The highest BCUT2D eigenvalue weighted by Crippen LogP contribution is 2.05. The Morgan fingerprint density at radius 1 is 1.50 bits per heavy atom. The predicted molar refractivity (Wildman–Crippen MR) is 47.1 cm³/mol. The topological polar surface area (TPSA) is 40.9 Å². The van der Waals surface area contributed by atoms with E-state index in [9.17, 15) is 0 Å². The molecule has 0 aliphatic carbocycles. The lowest BCUT2D eigenvalue weighted by Gasteiger charge is -2.04. The van der Waals surface area contributed by atoms with E-state index in [1.807, 2.05) is 32.2 Å². The molecule has 64 valence electrons. The van der Waals surface area contributed by atoms with Crippen molar-refractivity contribution >= 4 is 5.82 Å². The zero-order valence-electron chi connectivity index (χ0n) is 7.31. The van der Waals surface area contributed by atoms with Crippen molar-refractivity contribution in [2.45, 2.75) is 6.92 Å². The monoisotopic (exact) mass is 164 g/mol. The molecule has 0 atom stereocenters. The Kier molecular flexibility index (Phi) is 3.19. The first kappa shape index (κ1) is 8.64. The minimum absolute atomic E-state index is 0.637. The Bertz CT molecular complexity index is 244. The third-order valence-corrected chi connectivity index (χ3v) is 1.41. The van der Waals surface area contributed by atoms with Gasteiger partial charge in [-0.25, -0.2) is 4.98 Å². The fourth-order valence-corrected chi connectivity index (χ4v) is 0.598. The Morgan fingerprint density at radius 3 is 2.92 bits per heavy atom. The van der Waals surface area contributed by atoms with Gasteiger partial charge in [-0.1, -0.05) is 11.3 Å². The van der Waals surface area contributed by atoms with Crippen LogP contribution in [0.15, 0.2) is 34.7 Å². The van der Waals surface area contributed by atoms with Gasteiger partial charge in [0.2, 0.25) is 0 Å². The van der Waals surface area contributed by atoms with Crippen molar-refractivity contribution in [3.8, 4) is 0 Å². The van der Waals surface area contributed by atoms with Crippen LogP contribution in [-0.2, 0) is 0 Å². The van der Waals surface area contributed by atoms with Crippen LogP contribution in [0.2, 0.25) is 0 Å². The lowest BCUT2D eigenvalue weighted by Crippen LogP contribution is -2.07. The van der Waals surface area contributed by atoms with Crippen molar-refractivity contribution in [2.75, 3.05) is 13.6 Å². The van der Waals surface area contributed by atoms with Crippen molar-refractivity contribution in [3.63, 3.8) is 0 Å². The van der Waals surface area contributed by atoms with E-state index in [4.69, 9.17) is 0 Å². The summed E-state index contributed by atoms with van der Waals surface area (Å²) in [5.74, 6) is 0.637. The zero-order chi connectivity index (χ0) is 8.81. The van der Waals surface area contributed by atoms with Crippen molar-refractivity contribution in [1.29, 1.82) is 0 Å². The van der Waals surface area contributed by atoms with E-state index in [-0.39, 0.29) is 0 Å². The molecule has 4 heteroatoms. The average Bonchev–Trinajstić information content (AvgIpc) is 2.16. The molecule has 1 aromatic heterocycles. The van der Waals surface area contributed by atoms with Crippen molar-refractivity contribution < 1.29 is 0 Å². The molecule has 0 spiro atoms. The summed E-state index contributed by atoms with van der Waals surface area (Å²) < 4.78 is 0. The molecule has 0 saturated carbocycles. The van der Waals surface area contributed by atoms with Gasteiger partial charge in [-0.2, -0.15) is 0 Å². The number of aromatic nitrogens is 1. The van der Waals surface area contributed by atoms with Crippen molar-refractivity contribution in [2.24, 2.45) is 10.3 Å². The van der Waals surface area contributed by atoms with Gasteiger partial charge in [-0.15, -0.1) is 5.11 Å². The minimum atomic E-state index is 0.637. The molecule has 0 bridgehead atoms. The maximum atomic E-state index is 4.00. The molecular weight excluding hydrogens is 152 g/mol. The van der Waals surface area contributed by atoms with Gasteiger partial charge >= 0.3 is 0 Å². The molecule has 0 fully saturated rings. The molecule has 0 amide bonds. The van der Waals surface area contributed by atoms with Gasteiger partial charge in [0.1, 0.15) is 0 Å². The van der Waals surface area contributed by atoms with Crippen molar-refractivity contribution in [1.82, 2.24) is 9.99 Å². The minimum Gasteiger partial charge on any atom is -0.282 e. The van der Waals surface area contributed by atoms with E-state index in [1.165, 1.54) is 0 Å². The summed E-state index contributed by atoms with van der Waals surface area (Å²) in [6, 6.07) is 5.54. The van der Waals surface area contributed by atoms with E-state index < -0.39 is 0 Å². The second-order valence-electron chi connectivity index (χ2n) is 2.35. The Labute approximate surface area is 71.9 Å². The van der Waals surface area contributed by atoms with Crippen LogP contribution in [0.1, 0.15) is 6.92 Å². The van der Waals surface area contributed by atoms with Crippen LogP contribution in [0, 0.1) is 0 Å². The maximum absolute atomic E-state index is 4.00. The molecule has 0 radical (unpaired) electrons. The highest BCUT2D eigenvalue weighted by molar-refractivity contribution is 5.23. The Balaban J connectivity index is 2.58.